The van der Waals surface area contributed by atoms with E-state index >= 15 is 0 Å². The molecule has 3 nitrogen and oxygen atoms in total. The molecule has 0 aliphatic heterocycles. The number of aromatic nitrogens is 1. The smallest absolute Gasteiger partial charge is 0.258 e. The standard InChI is InChI=1S/C18H18N2O/c1-12(19)17-16(13-8-4-3-5-9-13)14-10-6-7-11-15(14)18(21)20(17)2/h3-12H,19H2,1-2H3. The van der Waals surface area contributed by atoms with Crippen molar-refractivity contribution < 1.29 is 0 Å². The molecule has 106 valence electrons. The zero-order valence-electron chi connectivity index (χ0n) is 12.2. The maximum Gasteiger partial charge on any atom is 0.258 e. The molecule has 0 saturated carbocycles. The highest BCUT2D eigenvalue weighted by molar-refractivity contribution is 5.97. The number of pyridine rings is 1. The summed E-state index contributed by atoms with van der Waals surface area (Å²) < 4.78 is 1.68. The summed E-state index contributed by atoms with van der Waals surface area (Å²) in [6, 6.07) is 17.6. The second-order valence-electron chi connectivity index (χ2n) is 5.32. The van der Waals surface area contributed by atoms with Crippen molar-refractivity contribution in [3.8, 4) is 11.1 Å². The van der Waals surface area contributed by atoms with Gasteiger partial charge in [-0.15, -0.1) is 0 Å². The summed E-state index contributed by atoms with van der Waals surface area (Å²) in [5, 5.41) is 1.68. The zero-order chi connectivity index (χ0) is 15.0. The van der Waals surface area contributed by atoms with Crippen molar-refractivity contribution in [2.45, 2.75) is 13.0 Å². The molecule has 0 aliphatic carbocycles. The third-order valence-electron chi connectivity index (χ3n) is 3.84. The van der Waals surface area contributed by atoms with Crippen LogP contribution in [0.5, 0.6) is 0 Å². The number of rotatable bonds is 2. The molecule has 0 bridgehead atoms. The minimum Gasteiger partial charge on any atom is -0.323 e. The van der Waals surface area contributed by atoms with E-state index in [-0.39, 0.29) is 11.6 Å². The first-order valence-corrected chi connectivity index (χ1v) is 7.04. The second-order valence-corrected chi connectivity index (χ2v) is 5.32. The molecule has 3 rings (SSSR count). The van der Waals surface area contributed by atoms with Crippen LogP contribution >= 0.6 is 0 Å². The SMILES string of the molecule is CC(N)c1c(-c2ccccc2)c2ccccc2c(=O)n1C. The number of hydrogen-bond acceptors (Lipinski definition) is 2. The van der Waals surface area contributed by atoms with Gasteiger partial charge in [-0.3, -0.25) is 4.79 Å². The number of hydrogen-bond donors (Lipinski definition) is 1. The Balaban J connectivity index is 2.54. The number of fused-ring (bicyclic) bond motifs is 1. The third kappa shape index (κ3) is 2.16. The molecule has 1 heterocycles. The molecule has 0 spiro atoms. The Hall–Kier alpha value is -2.39. The normalized spacial score (nSPS) is 12.5. The van der Waals surface area contributed by atoms with Crippen LogP contribution in [-0.4, -0.2) is 4.57 Å². The zero-order valence-corrected chi connectivity index (χ0v) is 12.2. The van der Waals surface area contributed by atoms with Gasteiger partial charge in [-0.1, -0.05) is 48.5 Å². The molecule has 3 aromatic rings. The summed E-state index contributed by atoms with van der Waals surface area (Å²) >= 11 is 0. The van der Waals surface area contributed by atoms with Crippen LogP contribution < -0.4 is 11.3 Å². The lowest BCUT2D eigenvalue weighted by Gasteiger charge is -2.20. The average molecular weight is 278 g/mol. The lowest BCUT2D eigenvalue weighted by molar-refractivity contribution is 0.694. The molecule has 0 aliphatic rings. The summed E-state index contributed by atoms with van der Waals surface area (Å²) in [5.41, 5.74) is 9.14. The fourth-order valence-corrected chi connectivity index (χ4v) is 2.92. The van der Waals surface area contributed by atoms with Crippen LogP contribution in [0.1, 0.15) is 18.7 Å². The van der Waals surface area contributed by atoms with Crippen molar-refractivity contribution in [3.63, 3.8) is 0 Å². The highest BCUT2D eigenvalue weighted by atomic mass is 16.1. The van der Waals surface area contributed by atoms with Crippen molar-refractivity contribution in [3.05, 3.63) is 70.6 Å². The Morgan fingerprint density at radius 3 is 2.14 bits per heavy atom. The Bertz CT molecular complexity index is 848. The van der Waals surface area contributed by atoms with E-state index in [0.717, 1.165) is 27.6 Å². The lowest BCUT2D eigenvalue weighted by Crippen LogP contribution is -2.25. The van der Waals surface area contributed by atoms with E-state index in [0.29, 0.717) is 0 Å². The van der Waals surface area contributed by atoms with Gasteiger partial charge in [0.2, 0.25) is 0 Å². The summed E-state index contributed by atoms with van der Waals surface area (Å²) in [6.07, 6.45) is 0. The number of nitrogens with two attached hydrogens (primary N) is 1. The first kappa shape index (κ1) is 13.6. The largest absolute Gasteiger partial charge is 0.323 e. The monoisotopic (exact) mass is 278 g/mol. The maximum absolute atomic E-state index is 12.5. The Labute approximate surface area is 123 Å². The van der Waals surface area contributed by atoms with Crippen molar-refractivity contribution in [2.75, 3.05) is 0 Å². The summed E-state index contributed by atoms with van der Waals surface area (Å²) in [4.78, 5) is 12.5. The molecule has 0 saturated heterocycles. The molecule has 2 N–H and O–H groups in total. The number of nitrogens with zero attached hydrogens (tertiary/aromatic N) is 1. The van der Waals surface area contributed by atoms with Crippen molar-refractivity contribution in [1.29, 1.82) is 0 Å². The molecule has 0 amide bonds. The van der Waals surface area contributed by atoms with Gasteiger partial charge in [-0.2, -0.15) is 0 Å². The molecule has 21 heavy (non-hydrogen) atoms. The fraction of sp³-hybridized carbons (Fsp3) is 0.167. The Morgan fingerprint density at radius 2 is 1.52 bits per heavy atom. The maximum atomic E-state index is 12.5. The lowest BCUT2D eigenvalue weighted by atomic mass is 9.94. The average Bonchev–Trinajstić information content (AvgIpc) is 2.51. The van der Waals surface area contributed by atoms with Gasteiger partial charge in [-0.25, -0.2) is 0 Å². The van der Waals surface area contributed by atoms with E-state index < -0.39 is 0 Å². The van der Waals surface area contributed by atoms with E-state index in [1.54, 1.807) is 11.6 Å². The Morgan fingerprint density at radius 1 is 0.952 bits per heavy atom. The van der Waals surface area contributed by atoms with Crippen LogP contribution in [0, 0.1) is 0 Å². The summed E-state index contributed by atoms with van der Waals surface area (Å²) in [6.45, 7) is 1.91. The first-order valence-electron chi connectivity index (χ1n) is 7.04. The summed E-state index contributed by atoms with van der Waals surface area (Å²) in [7, 11) is 1.79. The molecule has 3 heteroatoms. The molecular formula is C18H18N2O. The van der Waals surface area contributed by atoms with Crippen LogP contribution in [0.3, 0.4) is 0 Å². The highest BCUT2D eigenvalue weighted by Crippen LogP contribution is 2.32. The number of benzene rings is 2. The van der Waals surface area contributed by atoms with Crippen LogP contribution in [0.25, 0.3) is 21.9 Å². The van der Waals surface area contributed by atoms with E-state index in [4.69, 9.17) is 5.73 Å². The van der Waals surface area contributed by atoms with Crippen LogP contribution in [-0.2, 0) is 7.05 Å². The minimum atomic E-state index is -0.220. The fourth-order valence-electron chi connectivity index (χ4n) is 2.92. The molecule has 0 radical (unpaired) electrons. The molecule has 2 aromatic carbocycles. The van der Waals surface area contributed by atoms with Crippen LogP contribution in [0.2, 0.25) is 0 Å². The summed E-state index contributed by atoms with van der Waals surface area (Å²) in [5.74, 6) is 0. The van der Waals surface area contributed by atoms with E-state index in [2.05, 4.69) is 12.1 Å². The third-order valence-corrected chi connectivity index (χ3v) is 3.84. The molecular weight excluding hydrogens is 260 g/mol. The minimum absolute atomic E-state index is 0.00224. The van der Waals surface area contributed by atoms with Crippen LogP contribution in [0.4, 0.5) is 0 Å². The Kier molecular flexibility index (Phi) is 3.35. The molecule has 0 fully saturated rings. The van der Waals surface area contributed by atoms with Gasteiger partial charge in [0.15, 0.2) is 0 Å². The first-order chi connectivity index (χ1) is 10.1. The predicted octanol–water partition coefficient (Wildman–Crippen LogP) is 3.23. The van der Waals surface area contributed by atoms with Gasteiger partial charge in [0.1, 0.15) is 0 Å². The molecule has 1 aromatic heterocycles. The van der Waals surface area contributed by atoms with E-state index in [9.17, 15) is 4.79 Å². The van der Waals surface area contributed by atoms with Gasteiger partial charge >= 0.3 is 0 Å². The van der Waals surface area contributed by atoms with Gasteiger partial charge in [0, 0.05) is 29.7 Å². The van der Waals surface area contributed by atoms with Crippen molar-refractivity contribution in [1.82, 2.24) is 4.57 Å². The van der Waals surface area contributed by atoms with Crippen molar-refractivity contribution in [2.24, 2.45) is 12.8 Å². The van der Waals surface area contributed by atoms with Gasteiger partial charge in [0.05, 0.1) is 0 Å². The van der Waals surface area contributed by atoms with Crippen molar-refractivity contribution >= 4 is 10.8 Å². The van der Waals surface area contributed by atoms with E-state index in [1.807, 2.05) is 49.4 Å². The molecule has 1 atom stereocenters. The highest BCUT2D eigenvalue weighted by Gasteiger charge is 2.18. The molecule has 1 unspecified atom stereocenters. The van der Waals surface area contributed by atoms with Gasteiger partial charge < -0.3 is 10.3 Å². The predicted molar refractivity (Wildman–Crippen MR) is 87.2 cm³/mol. The topological polar surface area (TPSA) is 48.0 Å². The van der Waals surface area contributed by atoms with Gasteiger partial charge in [0.25, 0.3) is 5.56 Å². The van der Waals surface area contributed by atoms with Crippen LogP contribution in [0.15, 0.2) is 59.4 Å². The second kappa shape index (κ2) is 5.19. The van der Waals surface area contributed by atoms with E-state index in [1.165, 1.54) is 0 Å². The quantitative estimate of drug-likeness (QED) is 0.782. The van der Waals surface area contributed by atoms with Gasteiger partial charge in [-0.05, 0) is 23.9 Å².